The fourth-order valence-corrected chi connectivity index (χ4v) is 1.33. The van der Waals surface area contributed by atoms with Gasteiger partial charge >= 0.3 is 5.97 Å². The molecule has 0 spiro atoms. The third-order valence-electron chi connectivity index (χ3n) is 0.924. The van der Waals surface area contributed by atoms with E-state index in [1.807, 2.05) is 6.92 Å². The van der Waals surface area contributed by atoms with Crippen molar-refractivity contribution in [2.24, 2.45) is 0 Å². The smallest absolute Gasteiger partial charge is 0.303 e. The normalized spacial score (nSPS) is 10.9. The van der Waals surface area contributed by atoms with Crippen LogP contribution in [0.4, 0.5) is 0 Å². The van der Waals surface area contributed by atoms with Crippen molar-refractivity contribution in [2.45, 2.75) is 13.3 Å². The summed E-state index contributed by atoms with van der Waals surface area (Å²) in [6, 6.07) is 0. The number of carboxylic acid groups (broad SMARTS) is 1. The molecule has 0 saturated carbocycles. The molecule has 0 heterocycles. The Labute approximate surface area is 62.5 Å². The third-order valence-corrected chi connectivity index (χ3v) is 1.94. The molecule has 0 radical (unpaired) electrons. The van der Waals surface area contributed by atoms with Gasteiger partial charge in [0.15, 0.2) is 0 Å². The summed E-state index contributed by atoms with van der Waals surface area (Å²) < 4.78 is 5.03. The van der Waals surface area contributed by atoms with Gasteiger partial charge in [-0.3, -0.25) is 4.79 Å². The van der Waals surface area contributed by atoms with Gasteiger partial charge in [0.1, 0.15) is 0 Å². The van der Waals surface area contributed by atoms with Gasteiger partial charge in [0.05, 0.1) is 6.35 Å². The van der Waals surface area contributed by atoms with E-state index in [0.29, 0.717) is 14.9 Å². The molecule has 3 nitrogen and oxygen atoms in total. The second-order valence-electron chi connectivity index (χ2n) is 1.78. The Bertz CT molecular complexity index is 95.0. The van der Waals surface area contributed by atoms with Gasteiger partial charge in [0.2, 0.25) is 0 Å². The molecule has 0 amide bonds. The number of hydrogen-bond donors (Lipinski definition) is 1. The number of carbonyl (C=O) groups is 1. The lowest BCUT2D eigenvalue weighted by molar-refractivity contribution is -0.136. The Kier molecular flexibility index (Phi) is 6.88. The molecule has 0 aromatic carbocycles. The molecule has 10 heavy (non-hydrogen) atoms. The zero-order valence-electron chi connectivity index (χ0n) is 6.09. The van der Waals surface area contributed by atoms with Gasteiger partial charge in [0.25, 0.3) is 0 Å². The number of rotatable bonds is 6. The molecule has 1 unspecified atom stereocenters. The van der Waals surface area contributed by atoms with E-state index in [0.717, 1.165) is 12.8 Å². The highest BCUT2D eigenvalue weighted by molar-refractivity contribution is 7.37. The molecule has 0 bridgehead atoms. The SMILES string of the molecule is CCOCPCCC(=O)O. The van der Waals surface area contributed by atoms with Crippen molar-refractivity contribution in [2.75, 3.05) is 19.1 Å². The van der Waals surface area contributed by atoms with Crippen LogP contribution in [-0.4, -0.2) is 30.2 Å². The number of hydrogen-bond acceptors (Lipinski definition) is 2. The lowest BCUT2D eigenvalue weighted by atomic mass is 10.5. The van der Waals surface area contributed by atoms with Gasteiger partial charge in [0, 0.05) is 13.0 Å². The highest BCUT2D eigenvalue weighted by Gasteiger charge is 1.94. The lowest BCUT2D eigenvalue weighted by Crippen LogP contribution is -1.96. The van der Waals surface area contributed by atoms with E-state index in [1.165, 1.54) is 0 Å². The van der Waals surface area contributed by atoms with Crippen LogP contribution >= 0.6 is 8.58 Å². The molecule has 60 valence electrons. The molecule has 0 saturated heterocycles. The van der Waals surface area contributed by atoms with Gasteiger partial charge < -0.3 is 9.84 Å². The highest BCUT2D eigenvalue weighted by atomic mass is 31.1. The largest absolute Gasteiger partial charge is 0.481 e. The average molecular weight is 164 g/mol. The maximum atomic E-state index is 10.00. The summed E-state index contributed by atoms with van der Waals surface area (Å²) in [4.78, 5) is 10.00. The first kappa shape index (κ1) is 9.86. The molecule has 0 fully saturated rings. The fourth-order valence-electron chi connectivity index (χ4n) is 0.442. The minimum Gasteiger partial charge on any atom is -0.481 e. The summed E-state index contributed by atoms with van der Waals surface area (Å²) in [6.07, 6.45) is 1.73. The van der Waals surface area contributed by atoms with Crippen molar-refractivity contribution in [1.29, 1.82) is 0 Å². The summed E-state index contributed by atoms with van der Waals surface area (Å²) >= 11 is 0. The van der Waals surface area contributed by atoms with Crippen molar-refractivity contribution in [3.8, 4) is 0 Å². The summed E-state index contributed by atoms with van der Waals surface area (Å²) in [5.74, 6) is -0.719. The maximum Gasteiger partial charge on any atom is 0.303 e. The number of carboxylic acids is 1. The van der Waals surface area contributed by atoms with Gasteiger partial charge in [-0.1, -0.05) is 8.58 Å². The van der Waals surface area contributed by atoms with Crippen LogP contribution < -0.4 is 0 Å². The van der Waals surface area contributed by atoms with Crippen LogP contribution in [0.2, 0.25) is 0 Å². The molecular weight excluding hydrogens is 151 g/mol. The Morgan fingerprint density at radius 2 is 2.40 bits per heavy atom. The topological polar surface area (TPSA) is 46.5 Å². The predicted octanol–water partition coefficient (Wildman–Crippen LogP) is 1.13. The zero-order valence-corrected chi connectivity index (χ0v) is 7.09. The first-order chi connectivity index (χ1) is 4.77. The molecule has 0 aromatic rings. The van der Waals surface area contributed by atoms with E-state index in [-0.39, 0.29) is 6.42 Å². The molecule has 0 aliphatic heterocycles. The second kappa shape index (κ2) is 6.97. The molecule has 0 aliphatic carbocycles. The van der Waals surface area contributed by atoms with E-state index < -0.39 is 5.97 Å². The van der Waals surface area contributed by atoms with Gasteiger partial charge in [-0.2, -0.15) is 0 Å². The van der Waals surface area contributed by atoms with Crippen LogP contribution in [0.15, 0.2) is 0 Å². The summed E-state index contributed by atoms with van der Waals surface area (Å²) in [5.41, 5.74) is 0. The van der Waals surface area contributed by atoms with Gasteiger partial charge in [-0.05, 0) is 13.1 Å². The van der Waals surface area contributed by atoms with Crippen LogP contribution in [0.5, 0.6) is 0 Å². The average Bonchev–Trinajstić information content (AvgIpc) is 1.87. The lowest BCUT2D eigenvalue weighted by Gasteiger charge is -1.98. The first-order valence-corrected chi connectivity index (χ1v) is 4.69. The Hall–Kier alpha value is -0.140. The maximum absolute atomic E-state index is 10.00. The van der Waals surface area contributed by atoms with Crippen LogP contribution in [0.25, 0.3) is 0 Å². The van der Waals surface area contributed by atoms with Crippen molar-refractivity contribution in [3.63, 3.8) is 0 Å². The van der Waals surface area contributed by atoms with Crippen molar-refractivity contribution < 1.29 is 14.6 Å². The molecule has 0 aliphatic rings. The van der Waals surface area contributed by atoms with E-state index in [4.69, 9.17) is 9.84 Å². The first-order valence-electron chi connectivity index (χ1n) is 3.27. The van der Waals surface area contributed by atoms with Crippen molar-refractivity contribution in [3.05, 3.63) is 0 Å². The minimum absolute atomic E-state index is 0.269. The standard InChI is InChI=1S/C6H13O3P/c1-2-9-5-10-4-3-6(7)8/h10H,2-5H2,1H3,(H,7,8). The van der Waals surface area contributed by atoms with Crippen LogP contribution in [0.1, 0.15) is 13.3 Å². The van der Waals surface area contributed by atoms with Crippen LogP contribution in [0, 0.1) is 0 Å². The number of aliphatic carboxylic acids is 1. The Balaban J connectivity index is 2.84. The summed E-state index contributed by atoms with van der Waals surface area (Å²) in [6.45, 7) is 2.65. The Morgan fingerprint density at radius 1 is 1.70 bits per heavy atom. The monoisotopic (exact) mass is 164 g/mol. The van der Waals surface area contributed by atoms with E-state index in [9.17, 15) is 4.79 Å². The number of ether oxygens (including phenoxy) is 1. The molecule has 0 aromatic heterocycles. The zero-order chi connectivity index (χ0) is 7.82. The minimum atomic E-state index is -0.719. The molecule has 0 rings (SSSR count). The highest BCUT2D eigenvalue weighted by Crippen LogP contribution is 2.10. The van der Waals surface area contributed by atoms with E-state index >= 15 is 0 Å². The van der Waals surface area contributed by atoms with Crippen molar-refractivity contribution in [1.82, 2.24) is 0 Å². The van der Waals surface area contributed by atoms with Crippen LogP contribution in [-0.2, 0) is 9.53 Å². The fraction of sp³-hybridized carbons (Fsp3) is 0.833. The van der Waals surface area contributed by atoms with Gasteiger partial charge in [-0.15, -0.1) is 0 Å². The predicted molar refractivity (Wildman–Crippen MR) is 41.9 cm³/mol. The van der Waals surface area contributed by atoms with E-state index in [2.05, 4.69) is 0 Å². The van der Waals surface area contributed by atoms with Crippen molar-refractivity contribution >= 4 is 14.6 Å². The molecular formula is C6H13O3P. The van der Waals surface area contributed by atoms with Gasteiger partial charge in [-0.25, -0.2) is 0 Å². The summed E-state index contributed by atoms with van der Waals surface area (Å²) in [7, 11) is 0.629. The molecule has 4 heteroatoms. The molecule has 1 N–H and O–H groups in total. The van der Waals surface area contributed by atoms with E-state index in [1.54, 1.807) is 0 Å². The third kappa shape index (κ3) is 7.86. The molecule has 1 atom stereocenters. The quantitative estimate of drug-likeness (QED) is 0.473. The summed E-state index contributed by atoms with van der Waals surface area (Å²) in [5, 5.41) is 8.23. The Morgan fingerprint density at radius 3 is 2.90 bits per heavy atom. The second-order valence-corrected chi connectivity index (χ2v) is 3.07. The van der Waals surface area contributed by atoms with Crippen LogP contribution in [0.3, 0.4) is 0 Å².